The fourth-order valence-corrected chi connectivity index (χ4v) is 6.06. The number of halogens is 1. The normalized spacial score (nSPS) is 16.5. The summed E-state index contributed by atoms with van der Waals surface area (Å²) < 4.78 is 6.28. The fraction of sp³-hybridized carbons (Fsp3) is 0.192. The number of thioether (sulfide) groups is 1. The number of anilines is 1. The molecule has 178 valence electrons. The van der Waals surface area contributed by atoms with Crippen LogP contribution in [-0.2, 0) is 9.53 Å². The van der Waals surface area contributed by atoms with Crippen molar-refractivity contribution in [2.45, 2.75) is 12.0 Å². The van der Waals surface area contributed by atoms with Crippen molar-refractivity contribution in [2.24, 2.45) is 0 Å². The van der Waals surface area contributed by atoms with Crippen molar-refractivity contribution in [3.63, 3.8) is 0 Å². The van der Waals surface area contributed by atoms with Crippen LogP contribution < -0.4 is 5.32 Å². The Balaban J connectivity index is 1.33. The van der Waals surface area contributed by atoms with E-state index in [1.165, 1.54) is 16.7 Å². The van der Waals surface area contributed by atoms with Crippen molar-refractivity contribution in [3.8, 4) is 11.1 Å². The molecule has 0 radical (unpaired) electrons. The first kappa shape index (κ1) is 23.4. The first-order chi connectivity index (χ1) is 16.9. The number of hydrogen-bond donors (Lipinski definition) is 2. The molecule has 0 aromatic heterocycles. The first-order valence-electron chi connectivity index (χ1n) is 11.0. The molecule has 1 aliphatic carbocycles. The van der Waals surface area contributed by atoms with Gasteiger partial charge in [-0.05, 0) is 40.5 Å². The number of ether oxygens (including phenoxy) is 1. The summed E-state index contributed by atoms with van der Waals surface area (Å²) in [5, 5.41) is 12.1. The number of carboxylic acid groups (broad SMARTS) is 1. The number of nitrogens with one attached hydrogen (secondary N) is 1. The Morgan fingerprint density at radius 2 is 1.69 bits per heavy atom. The zero-order valence-electron chi connectivity index (χ0n) is 18.4. The molecular weight excluding hydrogens is 532 g/mol. The number of amides is 2. The molecule has 1 saturated heterocycles. The first-order valence-corrected chi connectivity index (χ1v) is 12.9. The lowest BCUT2D eigenvalue weighted by atomic mass is 9.98. The Morgan fingerprint density at radius 1 is 1.03 bits per heavy atom. The molecule has 1 heterocycles. The summed E-state index contributed by atoms with van der Waals surface area (Å²) in [7, 11) is 0. The van der Waals surface area contributed by atoms with Gasteiger partial charge in [0.2, 0.25) is 0 Å². The Labute approximate surface area is 214 Å². The summed E-state index contributed by atoms with van der Waals surface area (Å²) in [6.07, 6.45) is -0.690. The summed E-state index contributed by atoms with van der Waals surface area (Å²) >= 11 is 4.75. The second-order valence-electron chi connectivity index (χ2n) is 8.27. The second kappa shape index (κ2) is 9.75. The molecule has 3 aromatic carbocycles. The number of carbonyl (C=O) groups is 3. The maximum Gasteiger partial charge on any atom is 0.411 e. The lowest BCUT2D eigenvalue weighted by Crippen LogP contribution is -2.42. The lowest BCUT2D eigenvalue weighted by Gasteiger charge is -2.22. The molecule has 0 saturated carbocycles. The van der Waals surface area contributed by atoms with Gasteiger partial charge in [-0.15, -0.1) is 11.8 Å². The minimum absolute atomic E-state index is 0.0882. The minimum atomic E-state index is -1.05. The summed E-state index contributed by atoms with van der Waals surface area (Å²) in [4.78, 5) is 38.8. The fourth-order valence-electron chi connectivity index (χ4n) is 4.55. The highest BCUT2D eigenvalue weighted by atomic mass is 79.9. The smallest absolute Gasteiger partial charge is 0.411 e. The zero-order chi connectivity index (χ0) is 24.5. The summed E-state index contributed by atoms with van der Waals surface area (Å²) in [5.74, 6) is -0.992. The highest BCUT2D eigenvalue weighted by molar-refractivity contribution is 9.10. The van der Waals surface area contributed by atoms with E-state index in [-0.39, 0.29) is 29.7 Å². The number of nitrogens with zero attached hydrogens (tertiary/aromatic N) is 1. The van der Waals surface area contributed by atoms with E-state index in [9.17, 15) is 19.5 Å². The number of fused-ring (bicyclic) bond motifs is 3. The van der Waals surface area contributed by atoms with Gasteiger partial charge in [0.1, 0.15) is 12.6 Å². The van der Waals surface area contributed by atoms with Gasteiger partial charge in [0.15, 0.2) is 0 Å². The predicted molar refractivity (Wildman–Crippen MR) is 138 cm³/mol. The number of carbonyl (C=O) groups excluding carboxylic acids is 2. The molecule has 2 amide bonds. The van der Waals surface area contributed by atoms with Gasteiger partial charge in [-0.3, -0.25) is 10.1 Å². The second-order valence-corrected chi connectivity index (χ2v) is 10.2. The minimum Gasteiger partial charge on any atom is -0.480 e. The third kappa shape index (κ3) is 4.53. The number of aliphatic carboxylic acids is 1. The monoisotopic (exact) mass is 552 g/mol. The van der Waals surface area contributed by atoms with Crippen LogP contribution in [0.4, 0.5) is 10.5 Å². The molecule has 1 aliphatic heterocycles. The van der Waals surface area contributed by atoms with E-state index in [1.54, 1.807) is 18.2 Å². The van der Waals surface area contributed by atoms with Crippen LogP contribution in [0.5, 0.6) is 0 Å². The molecular formula is C26H21BrN2O5S. The maximum atomic E-state index is 13.2. The topological polar surface area (TPSA) is 95.9 Å². The van der Waals surface area contributed by atoms with E-state index in [1.807, 2.05) is 36.4 Å². The van der Waals surface area contributed by atoms with Gasteiger partial charge < -0.3 is 14.7 Å². The number of benzene rings is 3. The van der Waals surface area contributed by atoms with Crippen molar-refractivity contribution >= 4 is 51.3 Å². The van der Waals surface area contributed by atoms with E-state index in [0.29, 0.717) is 10.2 Å². The van der Waals surface area contributed by atoms with Crippen LogP contribution in [0.25, 0.3) is 11.1 Å². The SMILES string of the molecule is O=C(Nc1cc(Br)ccc1C(=O)N1CSC[C@H]1C(=O)O)OCC1c2ccccc2-c2ccccc21. The van der Waals surface area contributed by atoms with Gasteiger partial charge in [-0.25, -0.2) is 9.59 Å². The maximum absolute atomic E-state index is 13.2. The van der Waals surface area contributed by atoms with Crippen LogP contribution in [-0.4, -0.2) is 52.3 Å². The molecule has 35 heavy (non-hydrogen) atoms. The summed E-state index contributed by atoms with van der Waals surface area (Å²) in [5.41, 5.74) is 4.93. The van der Waals surface area contributed by atoms with E-state index in [2.05, 4.69) is 33.4 Å². The van der Waals surface area contributed by atoms with E-state index in [4.69, 9.17) is 4.74 Å². The van der Waals surface area contributed by atoms with Gasteiger partial charge in [0.05, 0.1) is 17.1 Å². The highest BCUT2D eigenvalue weighted by Crippen LogP contribution is 2.44. The lowest BCUT2D eigenvalue weighted by molar-refractivity contribution is -0.140. The van der Waals surface area contributed by atoms with Crippen LogP contribution in [0.2, 0.25) is 0 Å². The molecule has 9 heteroatoms. The predicted octanol–water partition coefficient (Wildman–Crippen LogP) is 5.41. The average molecular weight is 553 g/mol. The highest BCUT2D eigenvalue weighted by Gasteiger charge is 2.36. The molecule has 2 N–H and O–H groups in total. The van der Waals surface area contributed by atoms with E-state index in [0.717, 1.165) is 22.3 Å². The van der Waals surface area contributed by atoms with Crippen LogP contribution in [0.3, 0.4) is 0 Å². The molecule has 3 aromatic rings. The van der Waals surface area contributed by atoms with Crippen molar-refractivity contribution < 1.29 is 24.2 Å². The van der Waals surface area contributed by atoms with Crippen molar-refractivity contribution in [3.05, 3.63) is 87.9 Å². The van der Waals surface area contributed by atoms with Gasteiger partial charge in [-0.1, -0.05) is 64.5 Å². The van der Waals surface area contributed by atoms with Crippen molar-refractivity contribution in [2.75, 3.05) is 23.6 Å². The van der Waals surface area contributed by atoms with Crippen molar-refractivity contribution in [1.29, 1.82) is 0 Å². The molecule has 2 aliphatic rings. The van der Waals surface area contributed by atoms with Crippen LogP contribution in [0.1, 0.15) is 27.4 Å². The third-order valence-electron chi connectivity index (χ3n) is 6.22. The Kier molecular flexibility index (Phi) is 6.53. The molecule has 1 atom stereocenters. The summed E-state index contributed by atoms with van der Waals surface area (Å²) in [6.45, 7) is 0.140. The Hall–Kier alpha value is -3.30. The third-order valence-corrected chi connectivity index (χ3v) is 7.73. The van der Waals surface area contributed by atoms with Crippen LogP contribution in [0.15, 0.2) is 71.2 Å². The Bertz CT molecular complexity index is 1290. The Morgan fingerprint density at radius 3 is 2.34 bits per heavy atom. The quantitative estimate of drug-likeness (QED) is 0.439. The van der Waals surface area contributed by atoms with Crippen LogP contribution in [0, 0.1) is 0 Å². The van der Waals surface area contributed by atoms with Gasteiger partial charge in [0, 0.05) is 16.1 Å². The van der Waals surface area contributed by atoms with Crippen LogP contribution >= 0.6 is 27.7 Å². The number of carboxylic acids is 1. The molecule has 5 rings (SSSR count). The van der Waals surface area contributed by atoms with Gasteiger partial charge in [0.25, 0.3) is 5.91 Å². The molecule has 7 nitrogen and oxygen atoms in total. The molecule has 0 spiro atoms. The molecule has 0 unspecified atom stereocenters. The number of rotatable bonds is 5. The molecule has 0 bridgehead atoms. The van der Waals surface area contributed by atoms with Gasteiger partial charge in [-0.2, -0.15) is 0 Å². The standard InChI is InChI=1S/C26H21BrN2O5S/c27-15-9-10-20(24(30)29-14-35-13-23(29)25(31)32)22(11-15)28-26(33)34-12-21-18-7-3-1-5-16(18)17-6-2-4-8-19(17)21/h1-11,21,23H,12-14H2,(H,28,33)(H,31,32)/t23-/m0/s1. The average Bonchev–Trinajstić information content (AvgIpc) is 3.46. The van der Waals surface area contributed by atoms with Gasteiger partial charge >= 0.3 is 12.1 Å². The van der Waals surface area contributed by atoms with E-state index >= 15 is 0 Å². The van der Waals surface area contributed by atoms with Crippen molar-refractivity contribution in [1.82, 2.24) is 4.90 Å². The summed E-state index contributed by atoms with van der Waals surface area (Å²) in [6, 6.07) is 20.1. The molecule has 1 fully saturated rings. The number of hydrogen-bond acceptors (Lipinski definition) is 5. The van der Waals surface area contributed by atoms with E-state index < -0.39 is 24.0 Å². The largest absolute Gasteiger partial charge is 0.480 e. The zero-order valence-corrected chi connectivity index (χ0v) is 20.8.